The number of nitrogens with zero attached hydrogens (tertiary/aromatic N) is 2. The lowest BCUT2D eigenvalue weighted by molar-refractivity contribution is -0.139. The van der Waals surface area contributed by atoms with E-state index in [4.69, 9.17) is 20.8 Å². The van der Waals surface area contributed by atoms with Crippen LogP contribution in [0.15, 0.2) is 37.4 Å². The van der Waals surface area contributed by atoms with Crippen LogP contribution in [0.4, 0.5) is 0 Å². The second-order valence-electron chi connectivity index (χ2n) is 13.5. The van der Waals surface area contributed by atoms with Gasteiger partial charge in [0, 0.05) is 75.8 Å². The smallest absolute Gasteiger partial charge is 0.320 e. The number of carbonyl (C=O) groups excluding carboxylic acids is 1. The molecule has 268 valence electrons. The molecule has 0 saturated heterocycles. The number of amides is 1. The van der Waals surface area contributed by atoms with E-state index in [1.807, 2.05) is 31.2 Å². The number of H-pyrrole nitrogens is 2. The summed E-state index contributed by atoms with van der Waals surface area (Å²) in [4.78, 5) is 53.0. The molecular formula is C40H48N6O5. The van der Waals surface area contributed by atoms with E-state index in [1.54, 1.807) is 0 Å². The summed E-state index contributed by atoms with van der Waals surface area (Å²) in [7, 11) is 0. The third-order valence-electron chi connectivity index (χ3n) is 10.2. The molecule has 11 nitrogen and oxygen atoms in total. The van der Waals surface area contributed by atoms with Gasteiger partial charge in [-0.25, -0.2) is 4.98 Å². The Hall–Kier alpha value is -5.29. The summed E-state index contributed by atoms with van der Waals surface area (Å²) >= 11 is 0. The Labute approximate surface area is 297 Å². The minimum Gasteiger partial charge on any atom is -0.481 e. The highest BCUT2D eigenvalue weighted by atomic mass is 16.4. The topological polar surface area (TPSA) is 187 Å². The maximum Gasteiger partial charge on any atom is 0.320 e. The highest BCUT2D eigenvalue weighted by molar-refractivity contribution is 5.94. The molecule has 3 unspecified atom stereocenters. The second kappa shape index (κ2) is 15.7. The SMILES string of the molecule is C=Cc1c(C)c2cc3[nH]c(cc4nc(cc5nc(cc1[nH]2)C(C)=C5CCC(=O)NCCCCC(N)C(=O)O)C(CCC(=O)O)C4C)c(C)c3C=C. The Balaban J connectivity index is 1.62. The van der Waals surface area contributed by atoms with Crippen molar-refractivity contribution < 1.29 is 24.6 Å². The van der Waals surface area contributed by atoms with Gasteiger partial charge in [0.2, 0.25) is 5.91 Å². The number of nitrogens with two attached hydrogens (primary N) is 1. The summed E-state index contributed by atoms with van der Waals surface area (Å²) in [5, 5.41) is 21.5. The van der Waals surface area contributed by atoms with E-state index in [0.717, 1.165) is 72.5 Å². The maximum absolute atomic E-state index is 12.9. The van der Waals surface area contributed by atoms with E-state index in [1.165, 1.54) is 0 Å². The molecule has 5 heterocycles. The molecule has 51 heavy (non-hydrogen) atoms. The van der Waals surface area contributed by atoms with Gasteiger partial charge in [-0.3, -0.25) is 19.4 Å². The largest absolute Gasteiger partial charge is 0.481 e. The van der Waals surface area contributed by atoms with Gasteiger partial charge in [0.1, 0.15) is 6.04 Å². The fraction of sp³-hybridized carbons (Fsp3) is 0.375. The van der Waals surface area contributed by atoms with Crippen molar-refractivity contribution in [3.63, 3.8) is 0 Å². The lowest BCUT2D eigenvalue weighted by Gasteiger charge is -2.15. The first-order chi connectivity index (χ1) is 24.3. The number of hydrogen-bond acceptors (Lipinski definition) is 6. The van der Waals surface area contributed by atoms with Crippen LogP contribution >= 0.6 is 0 Å². The summed E-state index contributed by atoms with van der Waals surface area (Å²) < 4.78 is 0. The molecule has 0 aliphatic carbocycles. The van der Waals surface area contributed by atoms with Crippen LogP contribution in [0.25, 0.3) is 45.4 Å². The number of hydrogen-bond donors (Lipinski definition) is 6. The normalized spacial score (nSPS) is 16.2. The Morgan fingerprint density at radius 2 is 1.53 bits per heavy atom. The number of nitrogens with one attached hydrogen (secondary N) is 3. The van der Waals surface area contributed by atoms with Gasteiger partial charge >= 0.3 is 11.9 Å². The van der Waals surface area contributed by atoms with E-state index in [-0.39, 0.29) is 30.6 Å². The molecule has 0 aromatic carbocycles. The molecule has 2 aliphatic rings. The maximum atomic E-state index is 12.9. The molecule has 1 amide bonds. The molecule has 2 aliphatic heterocycles. The van der Waals surface area contributed by atoms with E-state index in [2.05, 4.69) is 61.3 Å². The number of allylic oxidation sites excluding steroid dienone is 2. The van der Waals surface area contributed by atoms with Crippen LogP contribution in [0.1, 0.15) is 116 Å². The van der Waals surface area contributed by atoms with Crippen LogP contribution < -0.4 is 11.1 Å². The standard InChI is InChI=1S/C40H48N6O5/c1-7-25-21(3)30-17-31-24(6)28(13-15-39(48)49)37(45-31)20-36-27(12-14-38(47)42-16-10-9-11-29(41)40(50)51)23(5)33(46-36)19-35-26(8-2)22(4)32(44-35)18-34(25)43-30/h7-8,17-20,24,28-29,43-44H,1-2,9-16,41H2,3-6H3,(H,42,47)(H,48,49)(H,50,51). The molecule has 3 aromatic rings. The zero-order valence-corrected chi connectivity index (χ0v) is 29.9. The van der Waals surface area contributed by atoms with Crippen molar-refractivity contribution in [3.05, 3.63) is 82.5 Å². The fourth-order valence-electron chi connectivity index (χ4n) is 7.06. The van der Waals surface area contributed by atoms with Gasteiger partial charge in [0.25, 0.3) is 0 Å². The highest BCUT2D eigenvalue weighted by Gasteiger charge is 2.30. The molecule has 0 spiro atoms. The third kappa shape index (κ3) is 8.04. The lowest BCUT2D eigenvalue weighted by atomic mass is 9.87. The first kappa shape index (κ1) is 37.0. The fourth-order valence-corrected chi connectivity index (χ4v) is 7.06. The van der Waals surface area contributed by atoms with Gasteiger partial charge < -0.3 is 31.2 Å². The molecule has 0 radical (unpaired) electrons. The summed E-state index contributed by atoms with van der Waals surface area (Å²) in [6.45, 7) is 16.8. The van der Waals surface area contributed by atoms with Gasteiger partial charge in [0.05, 0.1) is 11.4 Å². The number of carboxylic acid groups (broad SMARTS) is 2. The third-order valence-corrected chi connectivity index (χ3v) is 10.2. The molecule has 3 atom stereocenters. The Kier molecular flexibility index (Phi) is 11.4. The minimum atomic E-state index is -1.03. The van der Waals surface area contributed by atoms with E-state index >= 15 is 0 Å². The zero-order valence-electron chi connectivity index (χ0n) is 29.9. The lowest BCUT2D eigenvalue weighted by Crippen LogP contribution is -2.30. The number of carbonyl (C=O) groups is 3. The number of aryl methyl sites for hydroxylation is 2. The van der Waals surface area contributed by atoms with Crippen molar-refractivity contribution in [1.29, 1.82) is 0 Å². The number of fused-ring (bicyclic) bond motifs is 8. The summed E-state index contributed by atoms with van der Waals surface area (Å²) in [5.74, 6) is -2.18. The monoisotopic (exact) mass is 692 g/mol. The average Bonchev–Trinajstić information content (AvgIpc) is 3.75. The first-order valence-electron chi connectivity index (χ1n) is 17.5. The van der Waals surface area contributed by atoms with Gasteiger partial charge in [-0.1, -0.05) is 32.2 Å². The molecule has 8 bridgehead atoms. The predicted molar refractivity (Wildman–Crippen MR) is 203 cm³/mol. The molecule has 3 aromatic heterocycles. The van der Waals surface area contributed by atoms with Gasteiger partial charge in [-0.05, 0) is 99.4 Å². The van der Waals surface area contributed by atoms with Crippen LogP contribution in [0.3, 0.4) is 0 Å². The number of unbranched alkanes of at least 4 members (excludes halogenated alkanes) is 1. The van der Waals surface area contributed by atoms with Crippen LogP contribution in [0.5, 0.6) is 0 Å². The van der Waals surface area contributed by atoms with Crippen molar-refractivity contribution in [2.24, 2.45) is 5.73 Å². The Morgan fingerprint density at radius 3 is 2.16 bits per heavy atom. The van der Waals surface area contributed by atoms with E-state index < -0.39 is 18.0 Å². The van der Waals surface area contributed by atoms with Crippen molar-refractivity contribution in [1.82, 2.24) is 25.3 Å². The Morgan fingerprint density at radius 1 is 0.882 bits per heavy atom. The number of carboxylic acids is 2. The number of aliphatic carboxylic acids is 2. The number of aromatic nitrogens is 4. The van der Waals surface area contributed by atoms with Crippen LogP contribution in [0, 0.1) is 13.8 Å². The molecule has 7 N–H and O–H groups in total. The molecule has 0 saturated carbocycles. The zero-order chi connectivity index (χ0) is 37.0. The van der Waals surface area contributed by atoms with Gasteiger partial charge in [-0.15, -0.1) is 0 Å². The molecule has 5 rings (SSSR count). The quantitative estimate of drug-likeness (QED) is 0.0944. The predicted octanol–water partition coefficient (Wildman–Crippen LogP) is 7.38. The van der Waals surface area contributed by atoms with Crippen molar-refractivity contribution in [2.45, 2.75) is 90.5 Å². The van der Waals surface area contributed by atoms with Crippen molar-refractivity contribution in [2.75, 3.05) is 6.54 Å². The van der Waals surface area contributed by atoms with Crippen molar-refractivity contribution in [3.8, 4) is 0 Å². The summed E-state index contributed by atoms with van der Waals surface area (Å²) in [6.07, 6.45) is 6.37. The summed E-state index contributed by atoms with van der Waals surface area (Å²) in [6, 6.07) is 7.21. The number of aromatic amines is 2. The molecular weight excluding hydrogens is 644 g/mol. The average molecular weight is 693 g/mol. The molecule has 11 heteroatoms. The summed E-state index contributed by atoms with van der Waals surface area (Å²) in [5.41, 5.74) is 18.2. The van der Waals surface area contributed by atoms with Crippen LogP contribution in [0.2, 0.25) is 0 Å². The minimum absolute atomic E-state index is 0.0107. The van der Waals surface area contributed by atoms with Crippen LogP contribution in [-0.2, 0) is 14.4 Å². The van der Waals surface area contributed by atoms with Crippen molar-refractivity contribution >= 4 is 63.2 Å². The first-order valence-corrected chi connectivity index (χ1v) is 17.5. The number of rotatable bonds is 14. The van der Waals surface area contributed by atoms with Gasteiger partial charge in [-0.2, -0.15) is 0 Å². The molecule has 0 fully saturated rings. The Bertz CT molecular complexity index is 2090. The van der Waals surface area contributed by atoms with E-state index in [0.29, 0.717) is 44.3 Å². The second-order valence-corrected chi connectivity index (χ2v) is 13.5. The van der Waals surface area contributed by atoms with Crippen LogP contribution in [-0.4, -0.2) is 60.6 Å². The van der Waals surface area contributed by atoms with Gasteiger partial charge in [0.15, 0.2) is 0 Å². The van der Waals surface area contributed by atoms with E-state index in [9.17, 15) is 19.5 Å². The highest BCUT2D eigenvalue weighted by Crippen LogP contribution is 2.41.